The molecule has 4 rings (SSSR count). The van der Waals surface area contributed by atoms with E-state index in [1.165, 1.54) is 23.3 Å². The predicted molar refractivity (Wildman–Crippen MR) is 147 cm³/mol. The monoisotopic (exact) mass is 565 g/mol. The molecule has 41 heavy (non-hydrogen) atoms. The Hall–Kier alpha value is -3.70. The summed E-state index contributed by atoms with van der Waals surface area (Å²) in [6.45, 7) is 6.23. The smallest absolute Gasteiger partial charge is 0.222 e. The quantitative estimate of drug-likeness (QED) is 0.315. The van der Waals surface area contributed by atoms with Crippen molar-refractivity contribution in [2.45, 2.75) is 77.7 Å². The highest BCUT2D eigenvalue weighted by molar-refractivity contribution is 5.76. The summed E-state index contributed by atoms with van der Waals surface area (Å²) in [4.78, 5) is 28.0. The fraction of sp³-hybridized carbons (Fsp3) is 0.500. The number of halogens is 1. The number of nitrogens with zero attached hydrogens (tertiary/aromatic N) is 6. The first-order chi connectivity index (χ1) is 19.7. The van der Waals surface area contributed by atoms with Crippen molar-refractivity contribution in [1.29, 1.82) is 0 Å². The highest BCUT2D eigenvalue weighted by Crippen LogP contribution is 2.29. The summed E-state index contributed by atoms with van der Waals surface area (Å²) in [6.07, 6.45) is 0.707. The summed E-state index contributed by atoms with van der Waals surface area (Å²) in [5.41, 5.74) is 3.28. The number of carboxylic acid groups (broad SMARTS) is 1. The maximum Gasteiger partial charge on any atom is 0.222 e. The van der Waals surface area contributed by atoms with Crippen LogP contribution in [0.3, 0.4) is 0 Å². The van der Waals surface area contributed by atoms with Gasteiger partial charge in [-0.25, -0.2) is 9.07 Å². The first kappa shape index (κ1) is 30.3. The van der Waals surface area contributed by atoms with Crippen LogP contribution in [0.4, 0.5) is 4.39 Å². The second kappa shape index (κ2) is 14.3. The molecule has 2 aromatic carbocycles. The fourth-order valence-corrected chi connectivity index (χ4v) is 5.37. The number of tetrazole rings is 1. The van der Waals surface area contributed by atoms with E-state index in [0.29, 0.717) is 51.3 Å². The van der Waals surface area contributed by atoms with E-state index in [1.54, 1.807) is 16.8 Å². The van der Waals surface area contributed by atoms with Gasteiger partial charge in [0.05, 0.1) is 12.1 Å². The molecule has 1 aromatic heterocycles. The number of carboxylic acids is 1. The first-order valence-corrected chi connectivity index (χ1v) is 14.2. The standard InChI is InChI=1S/C30H39FN6O4/c1-21(2)16-27(36(20-26(38)17-29(40)41)18-22-9-11-25(31)12-10-22)30-32-33-34-37(30)14-5-8-28(39)35-15-13-23-6-3-4-7-24(23)19-35/h3-4,6-7,9-12,21,26-27,38H,5,8,13-20H2,1-2H3,(H,40,41)/p-1. The molecule has 0 fully saturated rings. The minimum absolute atomic E-state index is 0.0323. The Morgan fingerprint density at radius 1 is 1.12 bits per heavy atom. The summed E-state index contributed by atoms with van der Waals surface area (Å²) >= 11 is 0. The van der Waals surface area contributed by atoms with Gasteiger partial charge in [-0.1, -0.05) is 50.2 Å². The third kappa shape index (κ3) is 8.64. The zero-order valence-electron chi connectivity index (χ0n) is 23.7. The zero-order valence-corrected chi connectivity index (χ0v) is 23.7. The van der Waals surface area contributed by atoms with Crippen molar-refractivity contribution in [3.63, 3.8) is 0 Å². The van der Waals surface area contributed by atoms with Gasteiger partial charge >= 0.3 is 0 Å². The van der Waals surface area contributed by atoms with Gasteiger partial charge in [-0.3, -0.25) is 9.69 Å². The van der Waals surface area contributed by atoms with Crippen molar-refractivity contribution in [1.82, 2.24) is 30.0 Å². The maximum atomic E-state index is 13.6. The summed E-state index contributed by atoms with van der Waals surface area (Å²) in [7, 11) is 0. The molecule has 0 radical (unpaired) electrons. The van der Waals surface area contributed by atoms with Crippen LogP contribution in [0.25, 0.3) is 0 Å². The molecule has 1 amide bonds. The largest absolute Gasteiger partial charge is 0.550 e. The number of fused-ring (bicyclic) bond motifs is 1. The van der Waals surface area contributed by atoms with E-state index < -0.39 is 18.5 Å². The van der Waals surface area contributed by atoms with Gasteiger partial charge < -0.3 is 19.9 Å². The summed E-state index contributed by atoms with van der Waals surface area (Å²) in [5, 5.41) is 34.1. The molecule has 2 unspecified atom stereocenters. The number of hydrogen-bond acceptors (Lipinski definition) is 8. The molecule has 3 aromatic rings. The van der Waals surface area contributed by atoms with Gasteiger partial charge in [0.15, 0.2) is 5.82 Å². The van der Waals surface area contributed by atoms with Crippen LogP contribution in [0.1, 0.15) is 68.1 Å². The molecule has 1 N–H and O–H groups in total. The SMILES string of the molecule is CC(C)CC(c1nnnn1CCCC(=O)N1CCc2ccccc2C1)N(Cc1ccc(F)cc1)CC(O)CC(=O)[O-]. The molecule has 11 heteroatoms. The highest BCUT2D eigenvalue weighted by Gasteiger charge is 2.29. The number of carbonyl (C=O) groups is 2. The molecule has 1 aliphatic heterocycles. The van der Waals surface area contributed by atoms with Gasteiger partial charge in [0.1, 0.15) is 5.82 Å². The minimum atomic E-state index is -1.34. The number of hydrogen-bond donors (Lipinski definition) is 1. The molecule has 0 spiro atoms. The van der Waals surface area contributed by atoms with Gasteiger partial charge in [-0.05, 0) is 64.4 Å². The molecule has 10 nitrogen and oxygen atoms in total. The molecular formula is C30H38FN6O4-. The molecule has 0 saturated heterocycles. The first-order valence-electron chi connectivity index (χ1n) is 14.2. The third-order valence-electron chi connectivity index (χ3n) is 7.38. The van der Waals surface area contributed by atoms with Gasteiger partial charge in [0.2, 0.25) is 5.91 Å². The third-order valence-corrected chi connectivity index (χ3v) is 7.38. The molecule has 2 heterocycles. The van der Waals surface area contributed by atoms with Crippen molar-refractivity contribution >= 4 is 11.9 Å². The number of aryl methyl sites for hydroxylation is 1. The number of amides is 1. The maximum absolute atomic E-state index is 13.6. The molecule has 0 bridgehead atoms. The van der Waals surface area contributed by atoms with Crippen LogP contribution >= 0.6 is 0 Å². The minimum Gasteiger partial charge on any atom is -0.550 e. The lowest BCUT2D eigenvalue weighted by molar-refractivity contribution is -0.307. The molecule has 1 aliphatic rings. The summed E-state index contributed by atoms with van der Waals surface area (Å²) in [5.74, 6) is -0.811. The lowest BCUT2D eigenvalue weighted by Crippen LogP contribution is -2.39. The van der Waals surface area contributed by atoms with Crippen molar-refractivity contribution in [2.75, 3.05) is 13.1 Å². The molecule has 2 atom stereocenters. The van der Waals surface area contributed by atoms with Gasteiger partial charge in [-0.2, -0.15) is 0 Å². The Balaban J connectivity index is 1.47. The van der Waals surface area contributed by atoms with Gasteiger partial charge in [0, 0.05) is 51.5 Å². The van der Waals surface area contributed by atoms with Gasteiger partial charge in [-0.15, -0.1) is 5.10 Å². The molecule has 0 saturated carbocycles. The van der Waals surface area contributed by atoms with Crippen molar-refractivity contribution in [2.24, 2.45) is 5.92 Å². The number of benzene rings is 2. The van der Waals surface area contributed by atoms with Crippen LogP contribution in [0.5, 0.6) is 0 Å². The zero-order chi connectivity index (χ0) is 29.4. The molecule has 220 valence electrons. The number of aromatic nitrogens is 4. The van der Waals surface area contributed by atoms with Crippen LogP contribution in [0.15, 0.2) is 48.5 Å². The lowest BCUT2D eigenvalue weighted by atomic mass is 9.99. The van der Waals surface area contributed by atoms with Crippen molar-refractivity contribution in [3.8, 4) is 0 Å². The normalized spacial score (nSPS) is 14.7. The number of aliphatic carboxylic acids is 1. The van der Waals surface area contributed by atoms with Crippen LogP contribution in [-0.2, 0) is 35.6 Å². The van der Waals surface area contributed by atoms with Crippen LogP contribution < -0.4 is 5.11 Å². The summed E-state index contributed by atoms with van der Waals surface area (Å²) < 4.78 is 15.3. The van der Waals surface area contributed by atoms with E-state index in [4.69, 9.17) is 0 Å². The van der Waals surface area contributed by atoms with E-state index in [1.807, 2.05) is 21.9 Å². The Morgan fingerprint density at radius 2 is 1.85 bits per heavy atom. The number of rotatable bonds is 14. The predicted octanol–water partition coefficient (Wildman–Crippen LogP) is 2.27. The average molecular weight is 566 g/mol. The second-order valence-corrected chi connectivity index (χ2v) is 11.1. The van der Waals surface area contributed by atoms with E-state index in [0.717, 1.165) is 12.0 Å². The number of carbonyl (C=O) groups excluding carboxylic acids is 2. The Labute approximate surface area is 239 Å². The van der Waals surface area contributed by atoms with Crippen LogP contribution in [-0.4, -0.2) is 66.2 Å². The molecule has 0 aliphatic carbocycles. The lowest BCUT2D eigenvalue weighted by Gasteiger charge is -2.34. The average Bonchev–Trinajstić information content (AvgIpc) is 3.40. The Kier molecular flexibility index (Phi) is 10.5. The fourth-order valence-electron chi connectivity index (χ4n) is 5.37. The molecular weight excluding hydrogens is 527 g/mol. The van der Waals surface area contributed by atoms with Crippen LogP contribution in [0, 0.1) is 11.7 Å². The van der Waals surface area contributed by atoms with E-state index in [-0.39, 0.29) is 30.2 Å². The van der Waals surface area contributed by atoms with E-state index >= 15 is 0 Å². The van der Waals surface area contributed by atoms with Crippen molar-refractivity contribution in [3.05, 3.63) is 76.9 Å². The summed E-state index contributed by atoms with van der Waals surface area (Å²) in [6, 6.07) is 13.9. The second-order valence-electron chi connectivity index (χ2n) is 11.1. The number of aliphatic hydroxyl groups excluding tert-OH is 1. The van der Waals surface area contributed by atoms with E-state index in [9.17, 15) is 24.2 Å². The Morgan fingerprint density at radius 3 is 2.56 bits per heavy atom. The topological polar surface area (TPSA) is 128 Å². The Bertz CT molecular complexity index is 1300. The number of aliphatic hydroxyl groups is 1. The van der Waals surface area contributed by atoms with Crippen LogP contribution in [0.2, 0.25) is 0 Å². The van der Waals surface area contributed by atoms with E-state index in [2.05, 4.69) is 41.5 Å². The van der Waals surface area contributed by atoms with Crippen molar-refractivity contribution < 1.29 is 24.2 Å². The van der Waals surface area contributed by atoms with Gasteiger partial charge in [0.25, 0.3) is 0 Å². The highest BCUT2D eigenvalue weighted by atomic mass is 19.1.